The molecule has 0 saturated carbocycles. The summed E-state index contributed by atoms with van der Waals surface area (Å²) in [6.07, 6.45) is 0.515. The van der Waals surface area contributed by atoms with Crippen molar-refractivity contribution in [3.8, 4) is 0 Å². The lowest BCUT2D eigenvalue weighted by Gasteiger charge is -2.17. The number of hydrogen-bond donors (Lipinski definition) is 3. The Morgan fingerprint density at radius 1 is 1.29 bits per heavy atom. The molecule has 21 heavy (non-hydrogen) atoms. The van der Waals surface area contributed by atoms with Crippen LogP contribution in [0.3, 0.4) is 0 Å². The van der Waals surface area contributed by atoms with Crippen LogP contribution in [-0.4, -0.2) is 33.8 Å². The maximum Gasteiger partial charge on any atom is 0.326 e. The highest BCUT2D eigenvalue weighted by Crippen LogP contribution is 2.20. The second-order valence-electron chi connectivity index (χ2n) is 5.42. The van der Waals surface area contributed by atoms with E-state index < -0.39 is 17.9 Å². The summed E-state index contributed by atoms with van der Waals surface area (Å²) in [5.74, 6) is -1.92. The Labute approximate surface area is 123 Å². The van der Waals surface area contributed by atoms with Gasteiger partial charge in [-0.1, -0.05) is 20.8 Å². The molecule has 0 saturated heterocycles. The van der Waals surface area contributed by atoms with Gasteiger partial charge in [-0.15, -0.1) is 0 Å². The van der Waals surface area contributed by atoms with Crippen molar-refractivity contribution in [2.45, 2.75) is 47.1 Å². The molecular formula is C15H22N2O4. The third kappa shape index (κ3) is 3.51. The number of aliphatic carboxylic acids is 1. The molecule has 1 amide bonds. The topological polar surface area (TPSA) is 99.3 Å². The SMILES string of the molecule is CCc1c(C(=O)NC(C(=O)O)C(C)C)[nH]c(C)c1C(C)=O. The van der Waals surface area contributed by atoms with E-state index in [1.807, 2.05) is 6.92 Å². The van der Waals surface area contributed by atoms with E-state index in [0.29, 0.717) is 23.2 Å². The number of aromatic amines is 1. The van der Waals surface area contributed by atoms with Gasteiger partial charge in [0.1, 0.15) is 11.7 Å². The first-order valence-corrected chi connectivity index (χ1v) is 6.96. The summed E-state index contributed by atoms with van der Waals surface area (Å²) >= 11 is 0. The molecule has 6 nitrogen and oxygen atoms in total. The van der Waals surface area contributed by atoms with Crippen molar-refractivity contribution in [3.05, 3.63) is 22.5 Å². The van der Waals surface area contributed by atoms with Crippen molar-refractivity contribution in [2.75, 3.05) is 0 Å². The van der Waals surface area contributed by atoms with Gasteiger partial charge >= 0.3 is 5.97 Å². The van der Waals surface area contributed by atoms with Gasteiger partial charge in [-0.2, -0.15) is 0 Å². The van der Waals surface area contributed by atoms with Gasteiger partial charge in [0.2, 0.25) is 0 Å². The smallest absolute Gasteiger partial charge is 0.326 e. The van der Waals surface area contributed by atoms with E-state index in [1.165, 1.54) is 6.92 Å². The van der Waals surface area contributed by atoms with Gasteiger partial charge in [0.15, 0.2) is 5.78 Å². The lowest BCUT2D eigenvalue weighted by atomic mass is 10.0. The van der Waals surface area contributed by atoms with E-state index in [9.17, 15) is 14.4 Å². The average Bonchev–Trinajstić information content (AvgIpc) is 2.71. The highest BCUT2D eigenvalue weighted by molar-refractivity contribution is 6.03. The minimum Gasteiger partial charge on any atom is -0.480 e. The number of aromatic nitrogens is 1. The number of carboxylic acids is 1. The van der Waals surface area contributed by atoms with E-state index in [1.54, 1.807) is 20.8 Å². The van der Waals surface area contributed by atoms with Crippen LogP contribution >= 0.6 is 0 Å². The minimum atomic E-state index is -1.08. The van der Waals surface area contributed by atoms with Gasteiger partial charge in [-0.25, -0.2) is 4.79 Å². The van der Waals surface area contributed by atoms with Crippen LogP contribution in [0.5, 0.6) is 0 Å². The van der Waals surface area contributed by atoms with Gasteiger partial charge in [0, 0.05) is 11.3 Å². The summed E-state index contributed by atoms with van der Waals surface area (Å²) in [5.41, 5.74) is 2.04. The van der Waals surface area contributed by atoms with Crippen molar-refractivity contribution < 1.29 is 19.5 Å². The molecular weight excluding hydrogens is 272 g/mol. The van der Waals surface area contributed by atoms with Crippen LogP contribution in [0.15, 0.2) is 0 Å². The van der Waals surface area contributed by atoms with Gasteiger partial charge in [0.05, 0.1) is 0 Å². The molecule has 1 unspecified atom stereocenters. The van der Waals surface area contributed by atoms with Gasteiger partial charge in [-0.05, 0) is 31.7 Å². The number of Topliss-reactive ketones (excluding diaryl/α,β-unsaturated/α-hetero) is 1. The Morgan fingerprint density at radius 3 is 2.24 bits per heavy atom. The lowest BCUT2D eigenvalue weighted by molar-refractivity contribution is -0.140. The fourth-order valence-corrected chi connectivity index (χ4v) is 2.43. The van der Waals surface area contributed by atoms with Gasteiger partial charge in [0.25, 0.3) is 5.91 Å². The van der Waals surface area contributed by atoms with Crippen LogP contribution in [0.1, 0.15) is 59.8 Å². The van der Waals surface area contributed by atoms with E-state index in [4.69, 9.17) is 5.11 Å². The second-order valence-corrected chi connectivity index (χ2v) is 5.42. The van der Waals surface area contributed by atoms with Crippen LogP contribution < -0.4 is 5.32 Å². The molecule has 1 atom stereocenters. The summed E-state index contributed by atoms with van der Waals surface area (Å²) in [5, 5.41) is 11.6. The number of rotatable bonds is 6. The maximum atomic E-state index is 12.3. The average molecular weight is 294 g/mol. The number of nitrogens with one attached hydrogen (secondary N) is 2. The third-order valence-electron chi connectivity index (χ3n) is 3.44. The van der Waals surface area contributed by atoms with E-state index in [2.05, 4.69) is 10.3 Å². The van der Waals surface area contributed by atoms with Crippen LogP contribution in [-0.2, 0) is 11.2 Å². The van der Waals surface area contributed by atoms with Crippen molar-refractivity contribution in [2.24, 2.45) is 5.92 Å². The highest BCUT2D eigenvalue weighted by atomic mass is 16.4. The number of carbonyl (C=O) groups is 3. The Kier molecular flexibility index (Phi) is 5.29. The molecule has 1 aromatic heterocycles. The molecule has 3 N–H and O–H groups in total. The van der Waals surface area contributed by atoms with Crippen LogP contribution in [0.2, 0.25) is 0 Å². The Bertz CT molecular complexity index is 572. The van der Waals surface area contributed by atoms with Crippen molar-refractivity contribution in [1.82, 2.24) is 10.3 Å². The number of amides is 1. The number of carbonyl (C=O) groups excluding carboxylic acids is 2. The molecule has 0 radical (unpaired) electrons. The Morgan fingerprint density at radius 2 is 1.86 bits per heavy atom. The largest absolute Gasteiger partial charge is 0.480 e. The highest BCUT2D eigenvalue weighted by Gasteiger charge is 2.27. The monoisotopic (exact) mass is 294 g/mol. The molecule has 1 aromatic rings. The molecule has 6 heteroatoms. The Hall–Kier alpha value is -2.11. The van der Waals surface area contributed by atoms with Gasteiger partial charge in [-0.3, -0.25) is 9.59 Å². The zero-order chi connectivity index (χ0) is 16.3. The van der Waals surface area contributed by atoms with Crippen molar-refractivity contribution in [3.63, 3.8) is 0 Å². The van der Waals surface area contributed by atoms with Crippen LogP contribution in [0.4, 0.5) is 0 Å². The zero-order valence-electron chi connectivity index (χ0n) is 13.0. The number of aryl methyl sites for hydroxylation is 1. The molecule has 0 fully saturated rings. The van der Waals surface area contributed by atoms with E-state index in [0.717, 1.165) is 0 Å². The number of H-pyrrole nitrogens is 1. The lowest BCUT2D eigenvalue weighted by Crippen LogP contribution is -2.44. The van der Waals surface area contributed by atoms with Crippen molar-refractivity contribution in [1.29, 1.82) is 0 Å². The molecule has 0 aliphatic carbocycles. The van der Waals surface area contributed by atoms with Crippen LogP contribution in [0, 0.1) is 12.8 Å². The van der Waals surface area contributed by atoms with E-state index in [-0.39, 0.29) is 17.4 Å². The molecule has 1 rings (SSSR count). The van der Waals surface area contributed by atoms with Gasteiger partial charge < -0.3 is 15.4 Å². The van der Waals surface area contributed by atoms with Crippen LogP contribution in [0.25, 0.3) is 0 Å². The third-order valence-corrected chi connectivity index (χ3v) is 3.44. The number of carboxylic acid groups (broad SMARTS) is 1. The molecule has 0 bridgehead atoms. The molecule has 0 aromatic carbocycles. The summed E-state index contributed by atoms with van der Waals surface area (Å²) in [6.45, 7) is 8.47. The Balaban J connectivity index is 3.16. The molecule has 116 valence electrons. The molecule has 1 heterocycles. The number of ketones is 1. The quantitative estimate of drug-likeness (QED) is 0.698. The summed E-state index contributed by atoms with van der Waals surface area (Å²) < 4.78 is 0. The first kappa shape index (κ1) is 16.9. The first-order valence-electron chi connectivity index (χ1n) is 6.96. The van der Waals surface area contributed by atoms with Crippen molar-refractivity contribution >= 4 is 17.7 Å². The van der Waals surface area contributed by atoms with E-state index >= 15 is 0 Å². The molecule has 0 spiro atoms. The predicted octanol–water partition coefficient (Wildman–Crippen LogP) is 1.93. The summed E-state index contributed by atoms with van der Waals surface area (Å²) in [4.78, 5) is 38.1. The first-order chi connectivity index (χ1) is 9.70. The summed E-state index contributed by atoms with van der Waals surface area (Å²) in [6, 6.07) is -0.966. The fraction of sp³-hybridized carbons (Fsp3) is 0.533. The summed E-state index contributed by atoms with van der Waals surface area (Å²) in [7, 11) is 0. The molecule has 0 aliphatic heterocycles. The normalized spacial score (nSPS) is 12.3. The second kappa shape index (κ2) is 6.56. The maximum absolute atomic E-state index is 12.3. The standard InChI is InChI=1S/C15H22N2O4/c1-6-10-11(9(5)18)8(4)16-13(10)14(19)17-12(7(2)3)15(20)21/h7,12,16H,6H2,1-5H3,(H,17,19)(H,20,21). The molecule has 0 aliphatic rings. The number of hydrogen-bond acceptors (Lipinski definition) is 3. The fourth-order valence-electron chi connectivity index (χ4n) is 2.43. The predicted molar refractivity (Wildman–Crippen MR) is 78.6 cm³/mol. The zero-order valence-corrected chi connectivity index (χ0v) is 13.0. The minimum absolute atomic E-state index is 0.113.